The Hall–Kier alpha value is -3.01. The Labute approximate surface area is 193 Å². The van der Waals surface area contributed by atoms with Crippen molar-refractivity contribution in [2.24, 2.45) is 0 Å². The molecule has 0 aliphatic rings. The molecule has 0 fully saturated rings. The molecule has 0 aromatic carbocycles. The molecule has 1 N–H and O–H groups in total. The van der Waals surface area contributed by atoms with E-state index in [1.807, 2.05) is 48.9 Å². The van der Waals surface area contributed by atoms with Crippen molar-refractivity contribution >= 4 is 40.4 Å². The number of hydrogen-bond donors (Lipinski definition) is 1. The fraction of sp³-hybridized carbons (Fsp3) is 0.273. The fourth-order valence-corrected chi connectivity index (χ4v) is 4.77. The minimum atomic E-state index is -0.542. The van der Waals surface area contributed by atoms with Gasteiger partial charge in [0.15, 0.2) is 0 Å². The number of halogens is 1. The van der Waals surface area contributed by atoms with E-state index in [1.165, 1.54) is 22.7 Å². The first-order valence-electron chi connectivity index (χ1n) is 9.95. The van der Waals surface area contributed by atoms with Crippen molar-refractivity contribution in [3.8, 4) is 21.7 Å². The maximum Gasteiger partial charge on any atom is 0.275 e. The number of aromatic amines is 1. The normalized spacial score (nSPS) is 11.8. The molecule has 0 atom stereocenters. The molecule has 10 heteroatoms. The van der Waals surface area contributed by atoms with E-state index in [1.54, 1.807) is 12.4 Å². The van der Waals surface area contributed by atoms with Crippen molar-refractivity contribution in [1.29, 1.82) is 0 Å². The standard InChI is InChI=1S/C22H22ClN5O3S/c1-22(2,3)31-27(13-29)8-9-28-18(20-15(23)6-10-32-20)16(14-5-4-7-24-11-14)17-19(28)21(30)26-12-25-17/h4-7,10-13H,8-9H2,1-3H3,(H,25,26,30). The van der Waals surface area contributed by atoms with Crippen LogP contribution >= 0.6 is 22.9 Å². The summed E-state index contributed by atoms with van der Waals surface area (Å²) in [5.74, 6) is 0. The zero-order valence-electron chi connectivity index (χ0n) is 17.8. The highest BCUT2D eigenvalue weighted by atomic mass is 35.5. The topological polar surface area (TPSA) is 93.1 Å². The summed E-state index contributed by atoms with van der Waals surface area (Å²) in [6.07, 6.45) is 5.44. The molecule has 4 aromatic rings. The third-order valence-electron chi connectivity index (χ3n) is 4.68. The van der Waals surface area contributed by atoms with Gasteiger partial charge in [0.1, 0.15) is 11.0 Å². The van der Waals surface area contributed by atoms with Crippen molar-refractivity contribution in [1.82, 2.24) is 24.6 Å². The maximum absolute atomic E-state index is 12.9. The Bertz CT molecular complexity index is 1310. The van der Waals surface area contributed by atoms with Crippen molar-refractivity contribution in [3.63, 3.8) is 0 Å². The van der Waals surface area contributed by atoms with Gasteiger partial charge in [-0.2, -0.15) is 0 Å². The average Bonchev–Trinajstić information content (AvgIpc) is 3.32. The van der Waals surface area contributed by atoms with Gasteiger partial charge in [-0.05, 0) is 38.3 Å². The maximum atomic E-state index is 12.9. The minimum absolute atomic E-state index is 0.224. The third-order valence-corrected chi connectivity index (χ3v) is 6.03. The fourth-order valence-electron chi connectivity index (χ4n) is 3.56. The van der Waals surface area contributed by atoms with Gasteiger partial charge >= 0.3 is 0 Å². The molecule has 4 aromatic heterocycles. The molecule has 0 saturated carbocycles. The number of rotatable bonds is 7. The van der Waals surface area contributed by atoms with Crippen LogP contribution in [-0.4, -0.2) is 43.1 Å². The van der Waals surface area contributed by atoms with Crippen LogP contribution in [0.1, 0.15) is 20.8 Å². The van der Waals surface area contributed by atoms with Gasteiger partial charge in [0.05, 0.1) is 34.1 Å². The zero-order valence-corrected chi connectivity index (χ0v) is 19.4. The SMILES string of the molecule is CC(C)(C)ON(C=O)CCn1c(-c2sccc2Cl)c(-c2cccnc2)c2nc[nH]c(=O)c21. The highest BCUT2D eigenvalue weighted by Gasteiger charge is 2.26. The van der Waals surface area contributed by atoms with Crippen LogP contribution in [0.3, 0.4) is 0 Å². The Morgan fingerprint density at radius 1 is 1.34 bits per heavy atom. The predicted molar refractivity (Wildman–Crippen MR) is 126 cm³/mol. The molecular formula is C22H22ClN5O3S. The monoisotopic (exact) mass is 471 g/mol. The molecule has 166 valence electrons. The summed E-state index contributed by atoms with van der Waals surface area (Å²) in [6, 6.07) is 5.56. The lowest BCUT2D eigenvalue weighted by Gasteiger charge is -2.27. The van der Waals surface area contributed by atoms with Gasteiger partial charge in [-0.1, -0.05) is 17.7 Å². The van der Waals surface area contributed by atoms with E-state index in [9.17, 15) is 9.59 Å². The Morgan fingerprint density at radius 2 is 2.16 bits per heavy atom. The Morgan fingerprint density at radius 3 is 2.78 bits per heavy atom. The summed E-state index contributed by atoms with van der Waals surface area (Å²) in [5, 5.41) is 3.70. The lowest BCUT2D eigenvalue weighted by Crippen LogP contribution is -2.35. The lowest BCUT2D eigenvalue weighted by atomic mass is 10.1. The van der Waals surface area contributed by atoms with Crippen LogP contribution in [-0.2, 0) is 16.2 Å². The molecule has 0 bridgehead atoms. The molecule has 4 rings (SSSR count). The van der Waals surface area contributed by atoms with Crippen LogP contribution in [0, 0.1) is 0 Å². The highest BCUT2D eigenvalue weighted by molar-refractivity contribution is 7.14. The van der Waals surface area contributed by atoms with Gasteiger partial charge < -0.3 is 9.55 Å². The largest absolute Gasteiger partial charge is 0.332 e. The predicted octanol–water partition coefficient (Wildman–Crippen LogP) is 4.36. The van der Waals surface area contributed by atoms with E-state index in [-0.39, 0.29) is 12.1 Å². The summed E-state index contributed by atoms with van der Waals surface area (Å²) < 4.78 is 1.85. The molecule has 0 saturated heterocycles. The summed E-state index contributed by atoms with van der Waals surface area (Å²) in [5.41, 5.74) is 2.43. The van der Waals surface area contributed by atoms with Gasteiger partial charge in [-0.25, -0.2) is 10.0 Å². The van der Waals surface area contributed by atoms with Crippen LogP contribution in [0.15, 0.2) is 47.1 Å². The lowest BCUT2D eigenvalue weighted by molar-refractivity contribution is -0.216. The van der Waals surface area contributed by atoms with Crippen molar-refractivity contribution in [3.05, 3.63) is 57.7 Å². The van der Waals surface area contributed by atoms with E-state index in [4.69, 9.17) is 16.4 Å². The summed E-state index contributed by atoms with van der Waals surface area (Å²) in [4.78, 5) is 42.4. The van der Waals surface area contributed by atoms with Gasteiger partial charge in [0.2, 0.25) is 6.41 Å². The molecular weight excluding hydrogens is 450 g/mol. The number of hydrogen-bond acceptors (Lipinski definition) is 6. The first-order valence-corrected chi connectivity index (χ1v) is 11.2. The number of amides is 1. The number of nitrogens with zero attached hydrogens (tertiary/aromatic N) is 4. The summed E-state index contributed by atoms with van der Waals surface area (Å²) in [6.45, 7) is 6.10. The molecule has 0 aliphatic heterocycles. The Kier molecular flexibility index (Phi) is 6.14. The quantitative estimate of drug-likeness (QED) is 0.319. The second kappa shape index (κ2) is 8.85. The number of nitrogens with one attached hydrogen (secondary N) is 1. The molecule has 4 heterocycles. The molecule has 1 amide bonds. The summed E-state index contributed by atoms with van der Waals surface area (Å²) >= 11 is 8.00. The van der Waals surface area contributed by atoms with Crippen LogP contribution in [0.5, 0.6) is 0 Å². The van der Waals surface area contributed by atoms with Crippen LogP contribution < -0.4 is 5.56 Å². The average molecular weight is 472 g/mol. The minimum Gasteiger partial charge on any atom is -0.332 e. The van der Waals surface area contributed by atoms with Crippen LogP contribution in [0.2, 0.25) is 5.02 Å². The number of fused-ring (bicyclic) bond motifs is 1. The van der Waals surface area contributed by atoms with E-state index < -0.39 is 5.60 Å². The molecule has 0 unspecified atom stereocenters. The first-order chi connectivity index (χ1) is 15.3. The second-order valence-electron chi connectivity index (χ2n) is 8.09. The second-order valence-corrected chi connectivity index (χ2v) is 9.42. The van der Waals surface area contributed by atoms with E-state index in [2.05, 4.69) is 15.0 Å². The van der Waals surface area contributed by atoms with E-state index in [0.29, 0.717) is 29.0 Å². The molecule has 0 spiro atoms. The molecule has 8 nitrogen and oxygen atoms in total. The van der Waals surface area contributed by atoms with Gasteiger partial charge in [-0.15, -0.1) is 11.3 Å². The van der Waals surface area contributed by atoms with Crippen molar-refractivity contribution in [2.45, 2.75) is 32.9 Å². The van der Waals surface area contributed by atoms with Gasteiger partial charge in [0.25, 0.3) is 5.56 Å². The molecule has 0 aliphatic carbocycles. The number of aromatic nitrogens is 4. The number of H-pyrrole nitrogens is 1. The zero-order chi connectivity index (χ0) is 22.9. The Balaban J connectivity index is 1.95. The number of carbonyl (C=O) groups is 1. The van der Waals surface area contributed by atoms with E-state index >= 15 is 0 Å². The summed E-state index contributed by atoms with van der Waals surface area (Å²) in [7, 11) is 0. The van der Waals surface area contributed by atoms with Gasteiger partial charge in [-0.3, -0.25) is 19.4 Å². The van der Waals surface area contributed by atoms with E-state index in [0.717, 1.165) is 21.7 Å². The number of hydroxylamine groups is 2. The van der Waals surface area contributed by atoms with Crippen molar-refractivity contribution < 1.29 is 9.63 Å². The van der Waals surface area contributed by atoms with Crippen molar-refractivity contribution in [2.75, 3.05) is 6.54 Å². The number of pyridine rings is 1. The van der Waals surface area contributed by atoms with Crippen LogP contribution in [0.4, 0.5) is 0 Å². The first kappa shape index (κ1) is 22.2. The van der Waals surface area contributed by atoms with Gasteiger partial charge in [0, 0.05) is 30.1 Å². The number of thiophene rings is 1. The highest BCUT2D eigenvalue weighted by Crippen LogP contribution is 2.43. The third kappa shape index (κ3) is 4.32. The number of carbonyl (C=O) groups excluding carboxylic acids is 1. The smallest absolute Gasteiger partial charge is 0.275 e. The van der Waals surface area contributed by atoms with Crippen LogP contribution in [0.25, 0.3) is 32.7 Å². The molecule has 32 heavy (non-hydrogen) atoms. The molecule has 0 radical (unpaired) electrons.